The summed E-state index contributed by atoms with van der Waals surface area (Å²) in [6, 6.07) is 8.32. The molecule has 1 amide bonds. The average molecular weight is 354 g/mol. The maximum Gasteiger partial charge on any atom is 0.225 e. The number of hydrogen-bond donors (Lipinski definition) is 1. The van der Waals surface area contributed by atoms with Crippen molar-refractivity contribution >= 4 is 27.5 Å². The van der Waals surface area contributed by atoms with Crippen LogP contribution in [0.3, 0.4) is 0 Å². The zero-order valence-corrected chi connectivity index (χ0v) is 14.4. The summed E-state index contributed by atoms with van der Waals surface area (Å²) in [5.41, 5.74) is 0.840. The number of carbonyl (C=O) groups is 1. The zero-order valence-electron chi connectivity index (χ0n) is 12.8. The lowest BCUT2D eigenvalue weighted by molar-refractivity contribution is -0.116. The fraction of sp³-hybridized carbons (Fsp3) is 0.562. The highest BCUT2D eigenvalue weighted by Gasteiger charge is 2.21. The van der Waals surface area contributed by atoms with Gasteiger partial charge in [-0.1, -0.05) is 12.1 Å². The van der Waals surface area contributed by atoms with Gasteiger partial charge < -0.3 is 15.1 Å². The van der Waals surface area contributed by atoms with Crippen LogP contribution in [0.4, 0.5) is 5.69 Å². The van der Waals surface area contributed by atoms with E-state index in [9.17, 15) is 4.79 Å². The van der Waals surface area contributed by atoms with Gasteiger partial charge in [-0.3, -0.25) is 4.79 Å². The van der Waals surface area contributed by atoms with Crippen LogP contribution in [-0.2, 0) is 4.79 Å². The van der Waals surface area contributed by atoms with Crippen molar-refractivity contribution in [2.24, 2.45) is 0 Å². The molecule has 1 heterocycles. The van der Waals surface area contributed by atoms with Gasteiger partial charge in [0.25, 0.3) is 0 Å². The molecule has 116 valence electrons. The number of carbonyl (C=O) groups excluding carboxylic acids is 1. The lowest BCUT2D eigenvalue weighted by atomic mass is 10.0. The van der Waals surface area contributed by atoms with Gasteiger partial charge in [-0.05, 0) is 61.5 Å². The molecule has 1 aromatic carbocycles. The van der Waals surface area contributed by atoms with E-state index < -0.39 is 0 Å². The minimum Gasteiger partial charge on any atom is -0.325 e. The van der Waals surface area contributed by atoms with Gasteiger partial charge >= 0.3 is 0 Å². The first-order valence-corrected chi connectivity index (χ1v) is 8.28. The van der Waals surface area contributed by atoms with Crippen molar-refractivity contribution in [3.63, 3.8) is 0 Å². The Bertz CT molecular complexity index is 478. The summed E-state index contributed by atoms with van der Waals surface area (Å²) in [4.78, 5) is 16.7. The molecule has 21 heavy (non-hydrogen) atoms. The third-order valence-electron chi connectivity index (χ3n) is 4.01. The predicted octanol–water partition coefficient (Wildman–Crippen LogP) is 2.80. The molecule has 1 aliphatic heterocycles. The van der Waals surface area contributed by atoms with Gasteiger partial charge in [-0.2, -0.15) is 0 Å². The first-order valence-electron chi connectivity index (χ1n) is 7.49. The normalized spacial score (nSPS) is 19.7. The van der Waals surface area contributed by atoms with E-state index in [1.54, 1.807) is 0 Å². The van der Waals surface area contributed by atoms with Crippen LogP contribution in [0.2, 0.25) is 0 Å². The maximum atomic E-state index is 12.1. The van der Waals surface area contributed by atoms with Crippen molar-refractivity contribution < 1.29 is 4.79 Å². The second-order valence-electron chi connectivity index (χ2n) is 5.84. The summed E-state index contributed by atoms with van der Waals surface area (Å²) >= 11 is 3.45. The SMILES string of the molecule is CN(C)C1CCCN(CCC(=O)Nc2ccccc2Br)C1. The van der Waals surface area contributed by atoms with Crippen molar-refractivity contribution in [1.29, 1.82) is 0 Å². The van der Waals surface area contributed by atoms with Crippen LogP contribution in [0, 0.1) is 0 Å². The molecule has 5 heteroatoms. The number of nitrogens with zero attached hydrogens (tertiary/aromatic N) is 2. The van der Waals surface area contributed by atoms with Crippen molar-refractivity contribution in [3.05, 3.63) is 28.7 Å². The fourth-order valence-corrected chi connectivity index (χ4v) is 3.07. The topological polar surface area (TPSA) is 35.6 Å². The summed E-state index contributed by atoms with van der Waals surface area (Å²) in [7, 11) is 4.27. The van der Waals surface area contributed by atoms with E-state index in [1.807, 2.05) is 24.3 Å². The first-order chi connectivity index (χ1) is 10.1. The van der Waals surface area contributed by atoms with Gasteiger partial charge in [0.1, 0.15) is 0 Å². The number of hydrogen-bond acceptors (Lipinski definition) is 3. The van der Waals surface area contributed by atoms with E-state index in [1.165, 1.54) is 12.8 Å². The molecule has 0 bridgehead atoms. The molecule has 0 spiro atoms. The highest BCUT2D eigenvalue weighted by Crippen LogP contribution is 2.21. The van der Waals surface area contributed by atoms with Gasteiger partial charge in [0.15, 0.2) is 0 Å². The minimum atomic E-state index is 0.0777. The second-order valence-corrected chi connectivity index (χ2v) is 6.69. The van der Waals surface area contributed by atoms with Crippen LogP contribution >= 0.6 is 15.9 Å². The smallest absolute Gasteiger partial charge is 0.225 e. The van der Waals surface area contributed by atoms with Crippen LogP contribution in [0.1, 0.15) is 19.3 Å². The van der Waals surface area contributed by atoms with Crippen LogP contribution in [0.25, 0.3) is 0 Å². The van der Waals surface area contributed by atoms with Crippen molar-refractivity contribution in [1.82, 2.24) is 9.80 Å². The Balaban J connectivity index is 1.77. The molecule has 4 nitrogen and oxygen atoms in total. The van der Waals surface area contributed by atoms with E-state index in [0.29, 0.717) is 12.5 Å². The van der Waals surface area contributed by atoms with E-state index >= 15 is 0 Å². The van der Waals surface area contributed by atoms with Gasteiger partial charge in [0.2, 0.25) is 5.91 Å². The molecule has 0 saturated carbocycles. The molecule has 1 N–H and O–H groups in total. The number of benzene rings is 1. The van der Waals surface area contributed by atoms with Crippen LogP contribution < -0.4 is 5.32 Å². The Morgan fingerprint density at radius 1 is 1.43 bits per heavy atom. The third kappa shape index (κ3) is 5.09. The first kappa shape index (κ1) is 16.5. The number of amides is 1. The predicted molar refractivity (Wildman–Crippen MR) is 90.5 cm³/mol. The molecule has 1 fully saturated rings. The fourth-order valence-electron chi connectivity index (χ4n) is 2.69. The Morgan fingerprint density at radius 2 is 2.19 bits per heavy atom. The van der Waals surface area contributed by atoms with Gasteiger partial charge in [-0.25, -0.2) is 0 Å². The summed E-state index contributed by atoms with van der Waals surface area (Å²) in [6.07, 6.45) is 3.02. The summed E-state index contributed by atoms with van der Waals surface area (Å²) < 4.78 is 0.920. The monoisotopic (exact) mass is 353 g/mol. The number of likely N-dealkylation sites (N-methyl/N-ethyl adjacent to an activating group) is 1. The summed E-state index contributed by atoms with van der Waals surface area (Å²) in [6.45, 7) is 3.00. The summed E-state index contributed by atoms with van der Waals surface area (Å²) in [5.74, 6) is 0.0777. The largest absolute Gasteiger partial charge is 0.325 e. The lowest BCUT2D eigenvalue weighted by Gasteiger charge is -2.36. The number of rotatable bonds is 5. The van der Waals surface area contributed by atoms with Crippen LogP contribution in [0.15, 0.2) is 28.7 Å². The Kier molecular flexibility index (Phi) is 6.21. The zero-order chi connectivity index (χ0) is 15.2. The standard InChI is InChI=1S/C16H24BrN3O/c1-19(2)13-6-5-10-20(12-13)11-9-16(21)18-15-8-4-3-7-14(15)17/h3-4,7-8,13H,5-6,9-12H2,1-2H3,(H,18,21). The number of nitrogens with one attached hydrogen (secondary N) is 1. The summed E-state index contributed by atoms with van der Waals surface area (Å²) in [5, 5.41) is 2.96. The molecule has 1 aromatic rings. The van der Waals surface area contributed by atoms with Gasteiger partial charge in [0, 0.05) is 30.0 Å². The van der Waals surface area contributed by atoms with E-state index in [4.69, 9.17) is 0 Å². The Hall–Kier alpha value is -0.910. The van der Waals surface area contributed by atoms with E-state index in [0.717, 1.165) is 29.8 Å². The molecule has 1 saturated heterocycles. The quantitative estimate of drug-likeness (QED) is 0.883. The molecule has 1 atom stereocenters. The molecular formula is C16H24BrN3O. The molecule has 2 rings (SSSR count). The average Bonchev–Trinajstić information content (AvgIpc) is 2.48. The number of piperidine rings is 1. The highest BCUT2D eigenvalue weighted by molar-refractivity contribution is 9.10. The van der Waals surface area contributed by atoms with Gasteiger partial charge in [-0.15, -0.1) is 0 Å². The van der Waals surface area contributed by atoms with Gasteiger partial charge in [0.05, 0.1) is 5.69 Å². The lowest BCUT2D eigenvalue weighted by Crippen LogP contribution is -2.45. The molecule has 0 radical (unpaired) electrons. The van der Waals surface area contributed by atoms with Crippen molar-refractivity contribution in [3.8, 4) is 0 Å². The number of para-hydroxylation sites is 1. The molecule has 0 aromatic heterocycles. The maximum absolute atomic E-state index is 12.1. The number of anilines is 1. The Morgan fingerprint density at radius 3 is 2.90 bits per heavy atom. The highest BCUT2D eigenvalue weighted by atomic mass is 79.9. The van der Waals surface area contributed by atoms with Crippen molar-refractivity contribution in [2.45, 2.75) is 25.3 Å². The molecule has 1 aliphatic rings. The number of likely N-dealkylation sites (tertiary alicyclic amines) is 1. The van der Waals surface area contributed by atoms with Crippen LogP contribution in [-0.4, -0.2) is 55.5 Å². The second kappa shape index (κ2) is 7.92. The molecule has 1 unspecified atom stereocenters. The van der Waals surface area contributed by atoms with E-state index in [-0.39, 0.29) is 5.91 Å². The molecular weight excluding hydrogens is 330 g/mol. The van der Waals surface area contributed by atoms with Crippen LogP contribution in [0.5, 0.6) is 0 Å². The molecule has 0 aliphatic carbocycles. The third-order valence-corrected chi connectivity index (χ3v) is 4.71. The van der Waals surface area contributed by atoms with E-state index in [2.05, 4.69) is 45.1 Å². The van der Waals surface area contributed by atoms with Crippen molar-refractivity contribution in [2.75, 3.05) is 39.0 Å². The minimum absolute atomic E-state index is 0.0777. The number of halogens is 1. The Labute approximate surface area is 135 Å².